The van der Waals surface area contributed by atoms with Crippen LogP contribution in [0.1, 0.15) is 194 Å². The van der Waals surface area contributed by atoms with Gasteiger partial charge in [0.1, 0.15) is 67.1 Å². The molecule has 0 saturated carbocycles. The molecule has 3 heterocycles. The van der Waals surface area contributed by atoms with E-state index in [4.69, 9.17) is 28.4 Å². The van der Waals surface area contributed by atoms with E-state index < -0.39 is 155 Å². The van der Waals surface area contributed by atoms with Crippen LogP contribution in [0.15, 0.2) is 24.3 Å². The van der Waals surface area contributed by atoms with Gasteiger partial charge in [0.2, 0.25) is 11.8 Å². The Bertz CT molecular complexity index is 1780. The predicted molar refractivity (Wildman–Crippen MR) is 301 cm³/mol. The molecule has 3 rings (SSSR count). The maximum absolute atomic E-state index is 13.4. The third-order valence-corrected chi connectivity index (χ3v) is 15.6. The first-order chi connectivity index (χ1) is 39.4. The number of carboxylic acids is 1. The number of aliphatic carboxylic acids is 1. The van der Waals surface area contributed by atoms with E-state index in [-0.39, 0.29) is 12.3 Å². The minimum absolute atomic E-state index is 0.195. The summed E-state index contributed by atoms with van der Waals surface area (Å²) in [4.78, 5) is 38.4. The molecule has 3 aliphatic rings. The molecule has 3 fully saturated rings. The van der Waals surface area contributed by atoms with Gasteiger partial charge in [-0.25, -0.2) is 4.79 Å². The van der Waals surface area contributed by atoms with Crippen LogP contribution in [0.2, 0.25) is 0 Å². The Morgan fingerprint density at radius 3 is 1.67 bits per heavy atom. The lowest BCUT2D eigenvalue weighted by atomic mass is 9.88. The van der Waals surface area contributed by atoms with Gasteiger partial charge in [0.15, 0.2) is 12.6 Å². The highest BCUT2D eigenvalue weighted by Crippen LogP contribution is 2.38. The molecule has 3 aliphatic heterocycles. The predicted octanol–water partition coefficient (Wildman–Crippen LogP) is 2.94. The van der Waals surface area contributed by atoms with Gasteiger partial charge in [-0.1, -0.05) is 154 Å². The fourth-order valence-corrected chi connectivity index (χ4v) is 10.6. The number of carbonyl (C=O) groups is 3. The molecule has 14 N–H and O–H groups in total. The van der Waals surface area contributed by atoms with E-state index in [0.29, 0.717) is 12.8 Å². The van der Waals surface area contributed by atoms with E-state index in [0.717, 1.165) is 77.6 Å². The third kappa shape index (κ3) is 25.3. The van der Waals surface area contributed by atoms with Gasteiger partial charge in [0.25, 0.3) is 5.79 Å². The van der Waals surface area contributed by atoms with Crippen molar-refractivity contribution >= 4 is 17.8 Å². The average molecular weight is 1180 g/mol. The molecule has 23 nitrogen and oxygen atoms in total. The number of rotatable bonds is 44. The number of unbranched alkanes of at least 4 members (excludes halogenated alkanes) is 22. The molecule has 18 atom stereocenters. The smallest absolute Gasteiger partial charge is 0.364 e. The highest BCUT2D eigenvalue weighted by Gasteiger charge is 2.60. The van der Waals surface area contributed by atoms with Crippen LogP contribution in [0.4, 0.5) is 0 Å². The summed E-state index contributed by atoms with van der Waals surface area (Å²) in [6.45, 7) is 2.07. The number of hydrogen-bond donors (Lipinski definition) is 14. The normalized spacial score (nSPS) is 30.3. The van der Waals surface area contributed by atoms with Gasteiger partial charge < -0.3 is 100 Å². The average Bonchev–Trinajstić information content (AvgIpc) is 3.03. The number of allylic oxidation sites excluding steroid dienone is 3. The molecule has 18 unspecified atom stereocenters. The Labute approximate surface area is 485 Å². The molecule has 478 valence electrons. The molecule has 0 radical (unpaired) electrons. The number of aliphatic hydroxyl groups excluding tert-OH is 11. The largest absolute Gasteiger partial charge is 0.477 e. The Morgan fingerprint density at radius 1 is 0.634 bits per heavy atom. The molecule has 0 aliphatic carbocycles. The minimum atomic E-state index is -3.08. The molecule has 0 bridgehead atoms. The van der Waals surface area contributed by atoms with Crippen LogP contribution in [0.25, 0.3) is 0 Å². The van der Waals surface area contributed by atoms with E-state index in [9.17, 15) is 75.7 Å². The second kappa shape index (κ2) is 41.3. The van der Waals surface area contributed by atoms with Crippen LogP contribution in [-0.4, -0.2) is 215 Å². The van der Waals surface area contributed by atoms with Gasteiger partial charge in [0.05, 0.1) is 50.7 Å². The van der Waals surface area contributed by atoms with Crippen LogP contribution in [0.3, 0.4) is 0 Å². The molecule has 0 aromatic carbocycles. The lowest BCUT2D eigenvalue weighted by molar-refractivity contribution is -0.386. The third-order valence-electron chi connectivity index (χ3n) is 15.6. The lowest BCUT2D eigenvalue weighted by Crippen LogP contribution is -2.70. The second-order valence-corrected chi connectivity index (χ2v) is 22.6. The second-order valence-electron chi connectivity index (χ2n) is 22.6. The number of carbonyl (C=O) groups excluding carboxylic acids is 2. The van der Waals surface area contributed by atoms with Crippen LogP contribution in [0.5, 0.6) is 0 Å². The fraction of sp³-hybridized carbons (Fsp3) is 0.881. The molecule has 0 aromatic heterocycles. The first-order valence-corrected chi connectivity index (χ1v) is 30.7. The van der Waals surface area contributed by atoms with Crippen molar-refractivity contribution in [2.24, 2.45) is 0 Å². The van der Waals surface area contributed by atoms with Crippen molar-refractivity contribution in [1.82, 2.24) is 10.6 Å². The quantitative estimate of drug-likeness (QED) is 0.0308. The van der Waals surface area contributed by atoms with E-state index in [2.05, 4.69) is 36.6 Å². The van der Waals surface area contributed by atoms with Crippen molar-refractivity contribution in [3.8, 4) is 0 Å². The number of carboxylic acid groups (broad SMARTS) is 1. The SMILES string of the molecule is CCCCCCC=CCCCCCCCCCC(=O)NC(COC1OC(CO)C(OC2OC(CO)C(O)C(OC3(C(=O)O)CC(O)C(NC(C)=O)C(C(O)C(O)CO)O3)C2O)C(O)C1O)C(O)C=CCCCCCCCCCCCCC. The highest BCUT2D eigenvalue weighted by molar-refractivity contribution is 5.77. The van der Waals surface area contributed by atoms with Crippen molar-refractivity contribution in [3.05, 3.63) is 24.3 Å². The van der Waals surface area contributed by atoms with Crippen LogP contribution >= 0.6 is 0 Å². The summed E-state index contributed by atoms with van der Waals surface area (Å²) in [6.07, 6.45) is 6.71. The van der Waals surface area contributed by atoms with Gasteiger partial charge in [-0.3, -0.25) is 9.59 Å². The maximum Gasteiger partial charge on any atom is 0.364 e. The van der Waals surface area contributed by atoms with Crippen LogP contribution in [0, 0.1) is 0 Å². The number of amides is 2. The van der Waals surface area contributed by atoms with Gasteiger partial charge in [-0.2, -0.15) is 0 Å². The van der Waals surface area contributed by atoms with Crippen LogP contribution < -0.4 is 10.6 Å². The Balaban J connectivity index is 1.67. The lowest BCUT2D eigenvalue weighted by Gasteiger charge is -2.50. The van der Waals surface area contributed by atoms with Crippen molar-refractivity contribution in [2.45, 2.75) is 304 Å². The summed E-state index contributed by atoms with van der Waals surface area (Å²) in [7, 11) is 0. The molecule has 0 spiro atoms. The standard InChI is InChI=1S/C59H106N2O21/c1-4-6-8-10-12-14-16-18-19-21-23-25-27-29-31-33-46(69)61-40(41(66)32-30-28-26-24-22-20-17-15-13-11-9-7-5-2)38-77-56-51(73)50(72)53(45(37-64)79-56)80-57-52(74)55(49(71)44(36-63)78-57)82-59(58(75)76)34-42(67)47(60-39(3)65)54(81-59)48(70)43(68)35-62/h14,16,30,32,40-45,47-57,62-64,66-68,70-74H,4-13,15,17-29,31,33-38H2,1-3H3,(H,60,65)(H,61,69)(H,75,76). The molecular weight excluding hydrogens is 1070 g/mol. The summed E-state index contributed by atoms with van der Waals surface area (Å²) in [6, 6.07) is -2.62. The summed E-state index contributed by atoms with van der Waals surface area (Å²) in [5, 5.41) is 135. The zero-order chi connectivity index (χ0) is 60.5. The first-order valence-electron chi connectivity index (χ1n) is 30.7. The van der Waals surface area contributed by atoms with Crippen molar-refractivity contribution in [2.75, 3.05) is 26.4 Å². The summed E-state index contributed by atoms with van der Waals surface area (Å²) in [5.74, 6) is -6.15. The van der Waals surface area contributed by atoms with Gasteiger partial charge in [-0.05, 0) is 44.9 Å². The molecule has 3 saturated heterocycles. The van der Waals surface area contributed by atoms with E-state index in [1.54, 1.807) is 6.08 Å². The summed E-state index contributed by atoms with van der Waals surface area (Å²) in [5.41, 5.74) is 0. The molecular formula is C59H106N2O21. The summed E-state index contributed by atoms with van der Waals surface area (Å²) >= 11 is 0. The van der Waals surface area contributed by atoms with E-state index in [1.807, 2.05) is 6.08 Å². The zero-order valence-corrected chi connectivity index (χ0v) is 49.1. The number of hydrogen-bond acceptors (Lipinski definition) is 20. The van der Waals surface area contributed by atoms with E-state index in [1.165, 1.54) is 77.0 Å². The Morgan fingerprint density at radius 2 is 1.15 bits per heavy atom. The monoisotopic (exact) mass is 1180 g/mol. The zero-order valence-electron chi connectivity index (χ0n) is 49.1. The van der Waals surface area contributed by atoms with Crippen molar-refractivity contribution < 1.29 is 104 Å². The molecule has 23 heteroatoms. The highest BCUT2D eigenvalue weighted by atomic mass is 16.8. The topological polar surface area (TPSA) is 373 Å². The minimum Gasteiger partial charge on any atom is -0.477 e. The van der Waals surface area contributed by atoms with E-state index >= 15 is 0 Å². The number of ether oxygens (including phenoxy) is 6. The van der Waals surface area contributed by atoms with Gasteiger partial charge >= 0.3 is 5.97 Å². The van der Waals surface area contributed by atoms with Crippen molar-refractivity contribution in [1.29, 1.82) is 0 Å². The Kier molecular flexibility index (Phi) is 37.0. The molecule has 2 amide bonds. The first kappa shape index (κ1) is 73.5. The van der Waals surface area contributed by atoms with Gasteiger partial charge in [-0.15, -0.1) is 0 Å². The van der Waals surface area contributed by atoms with Gasteiger partial charge in [0, 0.05) is 19.8 Å². The molecule has 82 heavy (non-hydrogen) atoms. The molecule has 0 aromatic rings. The summed E-state index contributed by atoms with van der Waals surface area (Å²) < 4.78 is 34.7. The Hall–Kier alpha value is -2.79. The number of nitrogens with one attached hydrogen (secondary N) is 2. The maximum atomic E-state index is 13.4. The van der Waals surface area contributed by atoms with Crippen molar-refractivity contribution in [3.63, 3.8) is 0 Å². The fourth-order valence-electron chi connectivity index (χ4n) is 10.6. The number of aliphatic hydroxyl groups is 11. The van der Waals surface area contributed by atoms with Crippen LogP contribution in [-0.2, 0) is 42.8 Å².